The molecule has 1 aromatic rings. The summed E-state index contributed by atoms with van der Waals surface area (Å²) in [6.07, 6.45) is 9.54. The van der Waals surface area contributed by atoms with Gasteiger partial charge in [0.25, 0.3) is 0 Å². The second-order valence-corrected chi connectivity index (χ2v) is 5.81. The van der Waals surface area contributed by atoms with Gasteiger partial charge in [-0.05, 0) is 19.8 Å². The standard InChI is InChI=1S/C12H21N3S/c1-2-15-8-10(7-14-15)12(13)9-16-11-5-3-4-6-11/h7-8,11-12H,2-6,9,13H2,1H3. The van der Waals surface area contributed by atoms with Gasteiger partial charge < -0.3 is 5.73 Å². The summed E-state index contributed by atoms with van der Waals surface area (Å²) in [5.74, 6) is 1.03. The number of hydrogen-bond acceptors (Lipinski definition) is 3. The van der Waals surface area contributed by atoms with Crippen LogP contribution in [0.2, 0.25) is 0 Å². The molecule has 1 heterocycles. The molecule has 1 unspecified atom stereocenters. The highest BCUT2D eigenvalue weighted by Crippen LogP contribution is 2.31. The van der Waals surface area contributed by atoms with Gasteiger partial charge in [-0.1, -0.05) is 12.8 Å². The maximum atomic E-state index is 6.17. The van der Waals surface area contributed by atoms with Crippen LogP contribution in [0.1, 0.15) is 44.2 Å². The molecule has 0 bridgehead atoms. The van der Waals surface area contributed by atoms with Crippen LogP contribution in [0, 0.1) is 0 Å². The molecule has 1 fully saturated rings. The van der Waals surface area contributed by atoms with E-state index < -0.39 is 0 Å². The number of aryl methyl sites for hydroxylation is 1. The largest absolute Gasteiger partial charge is 0.323 e. The predicted molar refractivity (Wildman–Crippen MR) is 69.5 cm³/mol. The lowest BCUT2D eigenvalue weighted by molar-refractivity contribution is 0.658. The van der Waals surface area contributed by atoms with E-state index in [9.17, 15) is 0 Å². The third-order valence-electron chi connectivity index (χ3n) is 3.22. The molecule has 0 saturated heterocycles. The molecule has 1 aliphatic carbocycles. The second kappa shape index (κ2) is 5.73. The fraction of sp³-hybridized carbons (Fsp3) is 0.750. The molecular weight excluding hydrogens is 218 g/mol. The van der Waals surface area contributed by atoms with Crippen molar-refractivity contribution in [3.8, 4) is 0 Å². The molecule has 1 aliphatic rings. The van der Waals surface area contributed by atoms with Crippen molar-refractivity contribution in [1.82, 2.24) is 9.78 Å². The number of aromatic nitrogens is 2. The molecule has 0 aliphatic heterocycles. The van der Waals surface area contributed by atoms with Crippen LogP contribution in [0.5, 0.6) is 0 Å². The Morgan fingerprint density at radius 1 is 1.56 bits per heavy atom. The lowest BCUT2D eigenvalue weighted by Crippen LogP contribution is -2.14. The van der Waals surface area contributed by atoms with Gasteiger partial charge in [0.1, 0.15) is 0 Å². The lowest BCUT2D eigenvalue weighted by atomic mass is 10.2. The van der Waals surface area contributed by atoms with Crippen molar-refractivity contribution < 1.29 is 0 Å². The third kappa shape index (κ3) is 3.01. The Morgan fingerprint density at radius 2 is 2.31 bits per heavy atom. The topological polar surface area (TPSA) is 43.8 Å². The summed E-state index contributed by atoms with van der Waals surface area (Å²) >= 11 is 2.04. The Morgan fingerprint density at radius 3 is 2.94 bits per heavy atom. The van der Waals surface area contributed by atoms with E-state index in [0.717, 1.165) is 17.5 Å². The van der Waals surface area contributed by atoms with Crippen LogP contribution >= 0.6 is 11.8 Å². The number of nitrogens with two attached hydrogens (primary N) is 1. The molecular formula is C12H21N3S. The van der Waals surface area contributed by atoms with Crippen molar-refractivity contribution >= 4 is 11.8 Å². The summed E-state index contributed by atoms with van der Waals surface area (Å²) in [4.78, 5) is 0. The number of thioether (sulfide) groups is 1. The summed E-state index contributed by atoms with van der Waals surface area (Å²) in [5.41, 5.74) is 7.34. The van der Waals surface area contributed by atoms with Gasteiger partial charge in [-0.25, -0.2) is 0 Å². The van der Waals surface area contributed by atoms with E-state index in [0.29, 0.717) is 0 Å². The predicted octanol–water partition coefficient (Wildman–Crippen LogP) is 2.58. The van der Waals surface area contributed by atoms with E-state index in [2.05, 4.69) is 18.2 Å². The van der Waals surface area contributed by atoms with Crippen molar-refractivity contribution in [3.05, 3.63) is 18.0 Å². The Kier molecular flexibility index (Phi) is 4.29. The summed E-state index contributed by atoms with van der Waals surface area (Å²) in [6, 6.07) is 0.144. The van der Waals surface area contributed by atoms with Crippen molar-refractivity contribution in [2.24, 2.45) is 5.73 Å². The smallest absolute Gasteiger partial charge is 0.0537 e. The van der Waals surface area contributed by atoms with Gasteiger partial charge >= 0.3 is 0 Å². The van der Waals surface area contributed by atoms with Gasteiger partial charge in [0.05, 0.1) is 6.20 Å². The van der Waals surface area contributed by atoms with Gasteiger partial charge in [-0.3, -0.25) is 4.68 Å². The monoisotopic (exact) mass is 239 g/mol. The molecule has 0 radical (unpaired) electrons. The van der Waals surface area contributed by atoms with Crippen molar-refractivity contribution in [3.63, 3.8) is 0 Å². The molecule has 0 amide bonds. The SMILES string of the molecule is CCn1cc(C(N)CSC2CCCC2)cn1. The highest BCUT2D eigenvalue weighted by Gasteiger charge is 2.17. The van der Waals surface area contributed by atoms with Crippen LogP contribution in [0.25, 0.3) is 0 Å². The summed E-state index contributed by atoms with van der Waals surface area (Å²) < 4.78 is 1.94. The molecule has 2 N–H and O–H groups in total. The molecule has 3 nitrogen and oxygen atoms in total. The van der Waals surface area contributed by atoms with Gasteiger partial charge in [0, 0.05) is 35.3 Å². The molecule has 16 heavy (non-hydrogen) atoms. The van der Waals surface area contributed by atoms with E-state index >= 15 is 0 Å². The van der Waals surface area contributed by atoms with Gasteiger partial charge in [0.2, 0.25) is 0 Å². The van der Waals surface area contributed by atoms with Gasteiger partial charge in [-0.2, -0.15) is 16.9 Å². The van der Waals surface area contributed by atoms with Crippen LogP contribution in [0.15, 0.2) is 12.4 Å². The zero-order chi connectivity index (χ0) is 11.4. The quantitative estimate of drug-likeness (QED) is 0.859. The Bertz CT molecular complexity index is 318. The summed E-state index contributed by atoms with van der Waals surface area (Å²) in [7, 11) is 0. The molecule has 0 spiro atoms. The van der Waals surface area contributed by atoms with Crippen LogP contribution in [0.3, 0.4) is 0 Å². The van der Waals surface area contributed by atoms with Crippen molar-refractivity contribution in [1.29, 1.82) is 0 Å². The minimum Gasteiger partial charge on any atom is -0.323 e. The average Bonchev–Trinajstić information content (AvgIpc) is 2.96. The first-order valence-corrected chi connectivity index (χ1v) is 7.24. The van der Waals surface area contributed by atoms with Crippen LogP contribution in [0.4, 0.5) is 0 Å². The highest BCUT2D eigenvalue weighted by molar-refractivity contribution is 7.99. The highest BCUT2D eigenvalue weighted by atomic mass is 32.2. The third-order valence-corrected chi connectivity index (χ3v) is 4.71. The van der Waals surface area contributed by atoms with E-state index in [1.807, 2.05) is 22.6 Å². The maximum Gasteiger partial charge on any atom is 0.0537 e. The fourth-order valence-corrected chi connectivity index (χ4v) is 3.47. The summed E-state index contributed by atoms with van der Waals surface area (Å²) in [6.45, 7) is 3.01. The zero-order valence-electron chi connectivity index (χ0n) is 9.93. The fourth-order valence-electron chi connectivity index (χ4n) is 2.13. The van der Waals surface area contributed by atoms with Crippen molar-refractivity contribution in [2.75, 3.05) is 5.75 Å². The van der Waals surface area contributed by atoms with E-state index in [1.54, 1.807) is 0 Å². The lowest BCUT2D eigenvalue weighted by Gasteiger charge is -2.13. The normalized spacial score (nSPS) is 19.1. The first kappa shape index (κ1) is 12.0. The molecule has 0 aromatic carbocycles. The number of nitrogens with zero attached hydrogens (tertiary/aromatic N) is 2. The molecule has 1 saturated carbocycles. The van der Waals surface area contributed by atoms with Crippen LogP contribution in [-0.4, -0.2) is 20.8 Å². The average molecular weight is 239 g/mol. The summed E-state index contributed by atoms with van der Waals surface area (Å²) in [5, 5.41) is 5.12. The zero-order valence-corrected chi connectivity index (χ0v) is 10.7. The second-order valence-electron chi connectivity index (χ2n) is 4.48. The molecule has 1 aromatic heterocycles. The first-order valence-electron chi connectivity index (χ1n) is 6.19. The minimum absolute atomic E-state index is 0.144. The van der Waals surface area contributed by atoms with Gasteiger partial charge in [0.15, 0.2) is 0 Å². The van der Waals surface area contributed by atoms with E-state index in [-0.39, 0.29) is 6.04 Å². The number of hydrogen-bond donors (Lipinski definition) is 1. The Labute approximate surface area is 102 Å². The Hall–Kier alpha value is -0.480. The molecule has 90 valence electrons. The van der Waals surface area contributed by atoms with Crippen LogP contribution in [-0.2, 0) is 6.54 Å². The molecule has 1 atom stereocenters. The minimum atomic E-state index is 0.144. The van der Waals surface area contributed by atoms with E-state index in [4.69, 9.17) is 5.73 Å². The van der Waals surface area contributed by atoms with Crippen LogP contribution < -0.4 is 5.73 Å². The number of rotatable bonds is 5. The first-order chi connectivity index (χ1) is 7.79. The molecule has 4 heteroatoms. The van der Waals surface area contributed by atoms with E-state index in [1.165, 1.54) is 31.2 Å². The molecule has 2 rings (SSSR count). The Balaban J connectivity index is 1.80. The maximum absolute atomic E-state index is 6.17. The van der Waals surface area contributed by atoms with Crippen molar-refractivity contribution in [2.45, 2.75) is 50.4 Å². The van der Waals surface area contributed by atoms with Gasteiger partial charge in [-0.15, -0.1) is 0 Å².